The Bertz CT molecular complexity index is 1170. The third kappa shape index (κ3) is 2.46. The molecule has 8 nitrogen and oxygen atoms in total. The minimum atomic E-state index is -4.85. The highest BCUT2D eigenvalue weighted by atomic mass is 19.4. The van der Waals surface area contributed by atoms with Crippen molar-refractivity contribution >= 4 is 5.97 Å². The number of esters is 1. The molecule has 1 fully saturated rings. The molecular weight excluding hydrogens is 421 g/mol. The quantitative estimate of drug-likeness (QED) is 0.615. The number of hydrogen-bond acceptors (Lipinski definition) is 7. The summed E-state index contributed by atoms with van der Waals surface area (Å²) in [6.45, 7) is 2.81. The van der Waals surface area contributed by atoms with E-state index >= 15 is 0 Å². The number of methoxy groups -OCH3 is 1. The van der Waals surface area contributed by atoms with E-state index in [4.69, 9.17) is 14.7 Å². The number of alkyl halides is 3. The van der Waals surface area contributed by atoms with Gasteiger partial charge < -0.3 is 24.8 Å². The number of carbonyl (C=O) groups excluding carboxylic acids is 1. The first kappa shape index (κ1) is 21.0. The summed E-state index contributed by atoms with van der Waals surface area (Å²) in [5.74, 6) is -3.37. The molecule has 1 aromatic carbocycles. The fourth-order valence-corrected chi connectivity index (χ4v) is 4.81. The average Bonchev–Trinajstić information content (AvgIpc) is 3.19. The summed E-state index contributed by atoms with van der Waals surface area (Å²) in [6, 6.07) is 4.13. The number of aliphatic hydroxyl groups is 1. The van der Waals surface area contributed by atoms with Gasteiger partial charge in [-0.2, -0.15) is 18.4 Å². The highest BCUT2D eigenvalue weighted by Crippen LogP contribution is 2.66. The minimum Gasteiger partial charge on any atom is -0.494 e. The average molecular weight is 438 g/mol. The lowest BCUT2D eigenvalue weighted by Crippen LogP contribution is -2.45. The summed E-state index contributed by atoms with van der Waals surface area (Å²) in [5.41, 5.74) is -5.46. The predicted octanol–water partition coefficient (Wildman–Crippen LogP) is 2.40. The van der Waals surface area contributed by atoms with E-state index in [0.717, 1.165) is 23.8 Å². The fraction of sp³-hybridized carbons (Fsp3) is 0.400. The number of carbonyl (C=O) groups is 1. The van der Waals surface area contributed by atoms with Gasteiger partial charge in [0.05, 0.1) is 41.1 Å². The van der Waals surface area contributed by atoms with E-state index in [0.29, 0.717) is 6.07 Å². The first-order valence-corrected chi connectivity index (χ1v) is 9.08. The molecule has 2 aliphatic rings. The molecule has 0 spiro atoms. The molecule has 1 aromatic heterocycles. The predicted molar refractivity (Wildman–Crippen MR) is 96.1 cm³/mol. The van der Waals surface area contributed by atoms with Crippen molar-refractivity contribution in [2.45, 2.75) is 37.3 Å². The number of nitrogens with zero attached hydrogens (tertiary/aromatic N) is 2. The van der Waals surface area contributed by atoms with E-state index < -0.39 is 58.3 Å². The second kappa shape index (κ2) is 6.15. The lowest BCUT2D eigenvalue weighted by molar-refractivity contribution is -0.154. The number of aliphatic hydroxyl groups excluding tert-OH is 1. The van der Waals surface area contributed by atoms with Crippen LogP contribution in [0, 0.1) is 17.2 Å². The maximum absolute atomic E-state index is 13.4. The Morgan fingerprint density at radius 2 is 1.81 bits per heavy atom. The van der Waals surface area contributed by atoms with Crippen LogP contribution < -0.4 is 0 Å². The van der Waals surface area contributed by atoms with Gasteiger partial charge in [-0.05, 0) is 32.0 Å². The van der Waals surface area contributed by atoms with E-state index in [1.807, 2.05) is 0 Å². The fourth-order valence-electron chi connectivity index (χ4n) is 4.81. The number of ether oxygens (including phenoxy) is 2. The van der Waals surface area contributed by atoms with E-state index in [2.05, 4.69) is 0 Å². The number of halogens is 3. The molecule has 2 aromatic rings. The molecule has 0 amide bonds. The Balaban J connectivity index is 1.98. The Labute approximate surface area is 173 Å². The SMILES string of the molecule is COC(=O)[C@H]1[C@H](O)[C@]2(C)O[C@@]1(C)c1c2c(O)n(-c2ccc(C#N)c(C(F)(F)F)c2)c1O. The molecule has 0 saturated carbocycles. The number of nitriles is 1. The van der Waals surface area contributed by atoms with Crippen LogP contribution in [0.3, 0.4) is 0 Å². The van der Waals surface area contributed by atoms with Gasteiger partial charge in [-0.25, -0.2) is 0 Å². The van der Waals surface area contributed by atoms with Crippen molar-refractivity contribution in [3.05, 3.63) is 40.5 Å². The van der Waals surface area contributed by atoms with Crippen molar-refractivity contribution < 1.29 is 42.8 Å². The largest absolute Gasteiger partial charge is 0.494 e. The van der Waals surface area contributed by atoms with Crippen molar-refractivity contribution in [1.82, 2.24) is 4.57 Å². The third-order valence-electron chi connectivity index (χ3n) is 6.15. The number of benzene rings is 1. The van der Waals surface area contributed by atoms with Gasteiger partial charge >= 0.3 is 12.1 Å². The molecule has 3 N–H and O–H groups in total. The minimum absolute atomic E-state index is 0.0360. The van der Waals surface area contributed by atoms with Crippen molar-refractivity contribution in [3.8, 4) is 23.5 Å². The molecular formula is C20H17F3N2O6. The monoisotopic (exact) mass is 438 g/mol. The number of rotatable bonds is 2. The van der Waals surface area contributed by atoms with Crippen LogP contribution in [0.2, 0.25) is 0 Å². The molecule has 3 heterocycles. The van der Waals surface area contributed by atoms with E-state index in [9.17, 15) is 33.3 Å². The highest BCUT2D eigenvalue weighted by Gasteiger charge is 2.71. The van der Waals surface area contributed by atoms with Crippen LogP contribution in [0.25, 0.3) is 5.69 Å². The van der Waals surface area contributed by atoms with Crippen LogP contribution in [0.1, 0.15) is 36.1 Å². The topological polar surface area (TPSA) is 125 Å². The Morgan fingerprint density at radius 3 is 2.32 bits per heavy atom. The second-order valence-electron chi connectivity index (χ2n) is 7.83. The molecule has 4 atom stereocenters. The Hall–Kier alpha value is -3.23. The molecule has 0 aliphatic carbocycles. The molecule has 164 valence electrons. The summed E-state index contributed by atoms with van der Waals surface area (Å²) in [5, 5.41) is 41.5. The van der Waals surface area contributed by atoms with Crippen LogP contribution in [-0.4, -0.2) is 39.1 Å². The van der Waals surface area contributed by atoms with Crippen molar-refractivity contribution in [1.29, 1.82) is 5.26 Å². The molecule has 0 unspecified atom stereocenters. The van der Waals surface area contributed by atoms with Crippen LogP contribution in [0.4, 0.5) is 13.2 Å². The van der Waals surface area contributed by atoms with Gasteiger partial charge in [-0.15, -0.1) is 0 Å². The van der Waals surface area contributed by atoms with Crippen molar-refractivity contribution in [3.63, 3.8) is 0 Å². The number of fused-ring (bicyclic) bond motifs is 5. The van der Waals surface area contributed by atoms with Gasteiger partial charge in [0.1, 0.15) is 23.2 Å². The normalized spacial score (nSPS) is 29.0. The van der Waals surface area contributed by atoms with Gasteiger partial charge in [-0.3, -0.25) is 9.36 Å². The summed E-state index contributed by atoms with van der Waals surface area (Å²) >= 11 is 0. The van der Waals surface area contributed by atoms with Crippen molar-refractivity contribution in [2.24, 2.45) is 5.92 Å². The van der Waals surface area contributed by atoms with Crippen LogP contribution in [0.15, 0.2) is 18.2 Å². The molecule has 11 heteroatoms. The molecule has 0 radical (unpaired) electrons. The molecule has 31 heavy (non-hydrogen) atoms. The van der Waals surface area contributed by atoms with Crippen molar-refractivity contribution in [2.75, 3.05) is 7.11 Å². The van der Waals surface area contributed by atoms with E-state index in [1.165, 1.54) is 19.9 Å². The third-order valence-corrected chi connectivity index (χ3v) is 6.15. The standard InChI is InChI=1S/C20H17F3N2O6/c1-18-11-12(19(2,31-18)14(26)13(18)17(29)30-3)16(28)25(15(11)27)9-5-4-8(7-24)10(6-9)20(21,22)23/h4-6,13-14,26-28H,1-3H3/t13-,14+,18+,19-/m1/s1. The first-order chi connectivity index (χ1) is 14.3. The maximum Gasteiger partial charge on any atom is 0.417 e. The van der Waals surface area contributed by atoms with Crippen LogP contribution in [0.5, 0.6) is 11.8 Å². The zero-order chi connectivity index (χ0) is 23.1. The van der Waals surface area contributed by atoms with Crippen LogP contribution >= 0.6 is 0 Å². The van der Waals surface area contributed by atoms with E-state index in [1.54, 1.807) is 0 Å². The smallest absolute Gasteiger partial charge is 0.417 e. The van der Waals surface area contributed by atoms with Crippen LogP contribution in [-0.2, 0) is 31.6 Å². The molecule has 4 rings (SSSR count). The first-order valence-electron chi connectivity index (χ1n) is 9.08. The lowest BCUT2D eigenvalue weighted by Gasteiger charge is -2.31. The van der Waals surface area contributed by atoms with Gasteiger partial charge in [0.15, 0.2) is 0 Å². The summed E-state index contributed by atoms with van der Waals surface area (Å²) in [4.78, 5) is 12.3. The highest BCUT2D eigenvalue weighted by molar-refractivity contribution is 5.79. The lowest BCUT2D eigenvalue weighted by atomic mass is 9.70. The molecule has 2 bridgehead atoms. The number of aromatic nitrogens is 1. The van der Waals surface area contributed by atoms with E-state index in [-0.39, 0.29) is 16.8 Å². The van der Waals surface area contributed by atoms with Gasteiger partial charge in [-0.1, -0.05) is 0 Å². The molecule has 2 aliphatic heterocycles. The summed E-state index contributed by atoms with van der Waals surface area (Å²) in [6.07, 6.45) is -6.31. The summed E-state index contributed by atoms with van der Waals surface area (Å²) in [7, 11) is 1.12. The Kier molecular flexibility index (Phi) is 4.17. The van der Waals surface area contributed by atoms with Gasteiger partial charge in [0.2, 0.25) is 11.8 Å². The Morgan fingerprint density at radius 1 is 1.23 bits per heavy atom. The van der Waals surface area contributed by atoms with Gasteiger partial charge in [0.25, 0.3) is 0 Å². The summed E-state index contributed by atoms with van der Waals surface area (Å²) < 4.78 is 51.5. The number of hydrogen-bond donors (Lipinski definition) is 3. The number of aromatic hydroxyl groups is 2. The second-order valence-corrected chi connectivity index (χ2v) is 7.83. The zero-order valence-electron chi connectivity index (χ0n) is 16.5. The maximum atomic E-state index is 13.4. The zero-order valence-corrected chi connectivity index (χ0v) is 16.5. The molecule has 1 saturated heterocycles. The van der Waals surface area contributed by atoms with Gasteiger partial charge in [0, 0.05) is 0 Å².